The Morgan fingerprint density at radius 2 is 1.86 bits per heavy atom. The van der Waals surface area contributed by atoms with Gasteiger partial charge in [0.2, 0.25) is 5.91 Å². The lowest BCUT2D eigenvalue weighted by Gasteiger charge is -2.30. The van der Waals surface area contributed by atoms with Gasteiger partial charge in [0.15, 0.2) is 5.82 Å². The third kappa shape index (κ3) is 3.61. The van der Waals surface area contributed by atoms with E-state index in [2.05, 4.69) is 21.2 Å². The quantitative estimate of drug-likeness (QED) is 0.801. The topological polar surface area (TPSA) is 55.1 Å². The fraction of sp³-hybridized carbons (Fsp3) is 0.533. The number of amides is 1. The van der Waals surface area contributed by atoms with Crippen LogP contribution in [0.5, 0.6) is 0 Å². The van der Waals surface area contributed by atoms with Gasteiger partial charge in [-0.2, -0.15) is 0 Å². The molecule has 0 saturated heterocycles. The smallest absolute Gasteiger partial charge is 0.231 e. The highest BCUT2D eigenvalue weighted by molar-refractivity contribution is 9.10. The minimum atomic E-state index is -0.795. The number of nitrogens with two attached hydrogens (primary N) is 1. The lowest BCUT2D eigenvalue weighted by Crippen LogP contribution is -2.42. The lowest BCUT2D eigenvalue weighted by atomic mass is 9.79. The second kappa shape index (κ2) is 6.83. The summed E-state index contributed by atoms with van der Waals surface area (Å²) in [6.45, 7) is 0.235. The molecule has 0 heterocycles. The van der Waals surface area contributed by atoms with E-state index in [0.29, 0.717) is 12.8 Å². The summed E-state index contributed by atoms with van der Waals surface area (Å²) < 4.78 is 27.1. The highest BCUT2D eigenvalue weighted by atomic mass is 79.9. The first-order valence-electron chi connectivity index (χ1n) is 7.14. The van der Waals surface area contributed by atoms with Crippen molar-refractivity contribution in [2.24, 2.45) is 11.1 Å². The van der Waals surface area contributed by atoms with Crippen LogP contribution in [-0.2, 0) is 4.79 Å². The molecule has 21 heavy (non-hydrogen) atoms. The van der Waals surface area contributed by atoms with Crippen LogP contribution in [0.15, 0.2) is 16.6 Å². The van der Waals surface area contributed by atoms with Crippen LogP contribution in [0.1, 0.15) is 38.5 Å². The maximum atomic E-state index is 13.8. The summed E-state index contributed by atoms with van der Waals surface area (Å²) in [6.07, 6.45) is 5.47. The van der Waals surface area contributed by atoms with Gasteiger partial charge in [0.05, 0.1) is 11.1 Å². The van der Waals surface area contributed by atoms with Gasteiger partial charge in [-0.05, 0) is 34.8 Å². The summed E-state index contributed by atoms with van der Waals surface area (Å²) >= 11 is 3.08. The van der Waals surface area contributed by atoms with Crippen LogP contribution in [-0.4, -0.2) is 12.5 Å². The SMILES string of the molecule is NCC1(C(=O)Nc2c(F)cc(F)cc2Br)CCCCCC1. The van der Waals surface area contributed by atoms with Crippen LogP contribution in [0.3, 0.4) is 0 Å². The number of nitrogens with one attached hydrogen (secondary N) is 1. The number of carbonyl (C=O) groups is 1. The normalized spacial score (nSPS) is 18.1. The highest BCUT2D eigenvalue weighted by Crippen LogP contribution is 2.36. The summed E-state index contributed by atoms with van der Waals surface area (Å²) in [5.41, 5.74) is 5.15. The Bertz CT molecular complexity index is 505. The Labute approximate surface area is 131 Å². The van der Waals surface area contributed by atoms with Crippen molar-refractivity contribution in [3.63, 3.8) is 0 Å². The van der Waals surface area contributed by atoms with E-state index in [1.807, 2.05) is 0 Å². The molecule has 1 saturated carbocycles. The fourth-order valence-corrected chi connectivity index (χ4v) is 3.34. The summed E-state index contributed by atoms with van der Waals surface area (Å²) in [5, 5.41) is 2.59. The van der Waals surface area contributed by atoms with Crippen LogP contribution in [0.4, 0.5) is 14.5 Å². The zero-order valence-corrected chi connectivity index (χ0v) is 13.3. The van der Waals surface area contributed by atoms with Crippen LogP contribution in [0.2, 0.25) is 0 Å². The monoisotopic (exact) mass is 360 g/mol. The molecule has 0 atom stereocenters. The Hall–Kier alpha value is -1.01. The van der Waals surface area contributed by atoms with E-state index < -0.39 is 17.0 Å². The van der Waals surface area contributed by atoms with Crippen LogP contribution < -0.4 is 11.1 Å². The third-order valence-electron chi connectivity index (χ3n) is 4.18. The minimum Gasteiger partial charge on any atom is -0.329 e. The molecule has 1 amide bonds. The zero-order chi connectivity index (χ0) is 15.5. The molecule has 1 aliphatic carbocycles. The zero-order valence-electron chi connectivity index (χ0n) is 11.7. The summed E-state index contributed by atoms with van der Waals surface area (Å²) in [6, 6.07) is 1.88. The Morgan fingerprint density at radius 1 is 1.24 bits per heavy atom. The maximum absolute atomic E-state index is 13.8. The first-order chi connectivity index (χ1) is 9.98. The van der Waals surface area contributed by atoms with Crippen LogP contribution in [0.25, 0.3) is 0 Å². The average Bonchev–Trinajstić information content (AvgIpc) is 2.68. The lowest BCUT2D eigenvalue weighted by molar-refractivity contribution is -0.125. The van der Waals surface area contributed by atoms with E-state index in [1.165, 1.54) is 0 Å². The third-order valence-corrected chi connectivity index (χ3v) is 4.80. The highest BCUT2D eigenvalue weighted by Gasteiger charge is 2.37. The molecule has 0 unspecified atom stereocenters. The molecule has 1 aromatic rings. The molecule has 1 fully saturated rings. The molecule has 0 aromatic heterocycles. The summed E-state index contributed by atoms with van der Waals surface area (Å²) in [5.74, 6) is -1.77. The van der Waals surface area contributed by atoms with Gasteiger partial charge in [0.25, 0.3) is 0 Å². The van der Waals surface area contributed by atoms with Gasteiger partial charge in [-0.15, -0.1) is 0 Å². The van der Waals surface area contributed by atoms with Gasteiger partial charge >= 0.3 is 0 Å². The fourth-order valence-electron chi connectivity index (χ4n) is 2.84. The average molecular weight is 361 g/mol. The van der Waals surface area contributed by atoms with Crippen LogP contribution >= 0.6 is 15.9 Å². The molecule has 0 radical (unpaired) electrons. The van der Waals surface area contributed by atoms with Crippen molar-refractivity contribution in [3.05, 3.63) is 28.2 Å². The molecule has 3 N–H and O–H groups in total. The predicted octanol–water partition coefficient (Wildman–Crippen LogP) is 3.97. The van der Waals surface area contributed by atoms with E-state index in [9.17, 15) is 13.6 Å². The number of rotatable bonds is 3. The number of hydrogen-bond acceptors (Lipinski definition) is 2. The molecule has 6 heteroatoms. The second-order valence-corrected chi connectivity index (χ2v) is 6.45. The second-order valence-electron chi connectivity index (χ2n) is 5.60. The van der Waals surface area contributed by atoms with E-state index in [4.69, 9.17) is 5.73 Å². The van der Waals surface area contributed by atoms with E-state index >= 15 is 0 Å². The van der Waals surface area contributed by atoms with Crippen molar-refractivity contribution in [3.8, 4) is 0 Å². The predicted molar refractivity (Wildman–Crippen MR) is 81.9 cm³/mol. The van der Waals surface area contributed by atoms with Gasteiger partial charge in [0.1, 0.15) is 5.82 Å². The van der Waals surface area contributed by atoms with Crippen molar-refractivity contribution in [2.75, 3.05) is 11.9 Å². The molecular weight excluding hydrogens is 342 g/mol. The largest absolute Gasteiger partial charge is 0.329 e. The van der Waals surface area contributed by atoms with Gasteiger partial charge in [-0.25, -0.2) is 8.78 Å². The molecule has 3 nitrogen and oxygen atoms in total. The first-order valence-corrected chi connectivity index (χ1v) is 7.94. The summed E-state index contributed by atoms with van der Waals surface area (Å²) in [4.78, 5) is 12.6. The number of benzene rings is 1. The van der Waals surface area contributed by atoms with E-state index in [1.54, 1.807) is 0 Å². The van der Waals surface area contributed by atoms with E-state index in [-0.39, 0.29) is 22.6 Å². The van der Waals surface area contributed by atoms with Gasteiger partial charge in [-0.1, -0.05) is 25.7 Å². The number of carbonyl (C=O) groups excluding carboxylic acids is 1. The van der Waals surface area contributed by atoms with Crippen molar-refractivity contribution >= 4 is 27.5 Å². The Morgan fingerprint density at radius 3 is 2.38 bits per heavy atom. The minimum absolute atomic E-state index is 0.0292. The van der Waals surface area contributed by atoms with Crippen molar-refractivity contribution in [1.29, 1.82) is 0 Å². The molecule has 0 spiro atoms. The summed E-state index contributed by atoms with van der Waals surface area (Å²) in [7, 11) is 0. The van der Waals surface area contributed by atoms with Crippen molar-refractivity contribution in [1.82, 2.24) is 0 Å². The molecule has 0 aliphatic heterocycles. The first kappa shape index (κ1) is 16.4. The maximum Gasteiger partial charge on any atom is 0.231 e. The van der Waals surface area contributed by atoms with Crippen LogP contribution in [0, 0.1) is 17.0 Å². The molecule has 1 aromatic carbocycles. The molecule has 2 rings (SSSR count). The molecule has 0 bridgehead atoms. The standard InChI is InChI=1S/C15H19BrF2N2O/c16-11-7-10(17)8-12(18)13(11)20-14(21)15(9-19)5-3-1-2-4-6-15/h7-8H,1-6,9,19H2,(H,20,21). The number of halogens is 3. The van der Waals surface area contributed by atoms with E-state index in [0.717, 1.165) is 37.8 Å². The molecule has 1 aliphatic rings. The Balaban J connectivity index is 2.23. The Kier molecular flexibility index (Phi) is 5.32. The number of hydrogen-bond donors (Lipinski definition) is 2. The molecular formula is C15H19BrF2N2O. The number of anilines is 1. The van der Waals surface area contributed by atoms with Gasteiger partial charge < -0.3 is 11.1 Å². The van der Waals surface area contributed by atoms with Crippen molar-refractivity contribution in [2.45, 2.75) is 38.5 Å². The van der Waals surface area contributed by atoms with Gasteiger partial charge in [0, 0.05) is 17.1 Å². The molecule has 116 valence electrons. The van der Waals surface area contributed by atoms with Crippen molar-refractivity contribution < 1.29 is 13.6 Å². The van der Waals surface area contributed by atoms with Gasteiger partial charge in [-0.3, -0.25) is 4.79 Å².